The minimum absolute atomic E-state index is 0.306. The molecule has 0 aliphatic heterocycles. The van der Waals surface area contributed by atoms with Gasteiger partial charge in [0, 0.05) is 10.6 Å². The van der Waals surface area contributed by atoms with Crippen LogP contribution in [-0.4, -0.2) is 18.7 Å². The standard InChI is InChI=1S/C23H19BrClFN2O3/c1-2-30-21-12-16(13-27-28-23(29)17-5-9-19(26)10-6-17)11-20(24)22(21)31-14-15-3-7-18(25)8-4-15/h3-13H,2,14H2,1H3,(H,28,29)/b27-13-. The van der Waals surface area contributed by atoms with E-state index in [1.165, 1.54) is 30.5 Å². The molecule has 8 heteroatoms. The normalized spacial score (nSPS) is 10.8. The minimum Gasteiger partial charge on any atom is -0.490 e. The number of nitrogens with one attached hydrogen (secondary N) is 1. The van der Waals surface area contributed by atoms with Crippen LogP contribution in [0.1, 0.15) is 28.4 Å². The Morgan fingerprint density at radius 3 is 2.52 bits per heavy atom. The smallest absolute Gasteiger partial charge is 0.271 e. The molecule has 0 saturated carbocycles. The van der Waals surface area contributed by atoms with E-state index < -0.39 is 11.7 Å². The Hall–Kier alpha value is -2.90. The van der Waals surface area contributed by atoms with Gasteiger partial charge in [-0.2, -0.15) is 5.10 Å². The van der Waals surface area contributed by atoms with Gasteiger partial charge in [0.2, 0.25) is 0 Å². The van der Waals surface area contributed by atoms with Crippen LogP contribution in [0.3, 0.4) is 0 Å². The Labute approximate surface area is 193 Å². The van der Waals surface area contributed by atoms with Gasteiger partial charge in [-0.05, 0) is 82.5 Å². The molecule has 0 aliphatic rings. The highest BCUT2D eigenvalue weighted by Gasteiger charge is 2.12. The molecule has 3 rings (SSSR count). The monoisotopic (exact) mass is 504 g/mol. The fraction of sp³-hybridized carbons (Fsp3) is 0.130. The maximum Gasteiger partial charge on any atom is 0.271 e. The molecule has 160 valence electrons. The highest BCUT2D eigenvalue weighted by molar-refractivity contribution is 9.10. The summed E-state index contributed by atoms with van der Waals surface area (Å²) < 4.78 is 25.3. The van der Waals surface area contributed by atoms with E-state index in [2.05, 4.69) is 26.5 Å². The molecule has 0 spiro atoms. The Balaban J connectivity index is 1.71. The van der Waals surface area contributed by atoms with Crippen molar-refractivity contribution in [1.82, 2.24) is 5.43 Å². The van der Waals surface area contributed by atoms with Crippen LogP contribution in [0, 0.1) is 5.82 Å². The number of hydrogen-bond donors (Lipinski definition) is 1. The third-order valence-electron chi connectivity index (χ3n) is 4.11. The van der Waals surface area contributed by atoms with Gasteiger partial charge in [-0.25, -0.2) is 9.82 Å². The van der Waals surface area contributed by atoms with Crippen LogP contribution in [-0.2, 0) is 6.61 Å². The lowest BCUT2D eigenvalue weighted by Gasteiger charge is -2.14. The van der Waals surface area contributed by atoms with E-state index in [0.717, 1.165) is 5.56 Å². The number of ether oxygens (including phenoxy) is 2. The first-order valence-electron chi connectivity index (χ1n) is 9.39. The molecule has 0 atom stereocenters. The molecule has 0 aromatic heterocycles. The molecular weight excluding hydrogens is 487 g/mol. The summed E-state index contributed by atoms with van der Waals surface area (Å²) in [5.74, 6) is 0.247. The topological polar surface area (TPSA) is 59.9 Å². The highest BCUT2D eigenvalue weighted by atomic mass is 79.9. The van der Waals surface area contributed by atoms with Crippen molar-refractivity contribution in [3.63, 3.8) is 0 Å². The summed E-state index contributed by atoms with van der Waals surface area (Å²) in [4.78, 5) is 12.1. The summed E-state index contributed by atoms with van der Waals surface area (Å²) in [6.07, 6.45) is 1.48. The van der Waals surface area contributed by atoms with Crippen LogP contribution < -0.4 is 14.9 Å². The zero-order valence-corrected chi connectivity index (χ0v) is 18.9. The van der Waals surface area contributed by atoms with E-state index in [9.17, 15) is 9.18 Å². The van der Waals surface area contributed by atoms with Gasteiger partial charge in [0.25, 0.3) is 5.91 Å². The van der Waals surface area contributed by atoms with E-state index in [1.807, 2.05) is 19.1 Å². The Kier molecular flexibility index (Phi) is 8.03. The van der Waals surface area contributed by atoms with Crippen molar-refractivity contribution in [2.24, 2.45) is 5.10 Å². The maximum absolute atomic E-state index is 13.0. The van der Waals surface area contributed by atoms with Gasteiger partial charge >= 0.3 is 0 Å². The van der Waals surface area contributed by atoms with Crippen LogP contribution in [0.4, 0.5) is 4.39 Å². The number of nitrogens with zero attached hydrogens (tertiary/aromatic N) is 1. The van der Waals surface area contributed by atoms with Gasteiger partial charge < -0.3 is 9.47 Å². The van der Waals surface area contributed by atoms with Crippen molar-refractivity contribution in [1.29, 1.82) is 0 Å². The molecule has 3 aromatic rings. The summed E-state index contributed by atoms with van der Waals surface area (Å²) in [5.41, 5.74) is 4.37. The number of halogens is 3. The van der Waals surface area contributed by atoms with Crippen LogP contribution >= 0.6 is 27.5 Å². The SMILES string of the molecule is CCOc1cc(/C=N\NC(=O)c2ccc(F)cc2)cc(Br)c1OCc1ccc(Cl)cc1. The fourth-order valence-corrected chi connectivity index (χ4v) is 3.33. The number of hydrogen-bond acceptors (Lipinski definition) is 4. The third-order valence-corrected chi connectivity index (χ3v) is 4.96. The average Bonchev–Trinajstić information content (AvgIpc) is 2.75. The number of carbonyl (C=O) groups excluding carboxylic acids is 1. The van der Waals surface area contributed by atoms with Crippen molar-refractivity contribution < 1.29 is 18.7 Å². The van der Waals surface area contributed by atoms with Gasteiger partial charge in [-0.15, -0.1) is 0 Å². The molecule has 5 nitrogen and oxygen atoms in total. The summed E-state index contributed by atoms with van der Waals surface area (Å²) >= 11 is 9.43. The number of benzene rings is 3. The summed E-state index contributed by atoms with van der Waals surface area (Å²) in [5, 5.41) is 4.63. The first-order valence-corrected chi connectivity index (χ1v) is 10.6. The van der Waals surface area contributed by atoms with Crippen molar-refractivity contribution in [2.45, 2.75) is 13.5 Å². The fourth-order valence-electron chi connectivity index (χ4n) is 2.63. The second-order valence-corrected chi connectivity index (χ2v) is 7.67. The molecule has 1 amide bonds. The molecule has 0 saturated heterocycles. The summed E-state index contributed by atoms with van der Waals surface area (Å²) in [6, 6.07) is 16.2. The third kappa shape index (κ3) is 6.54. The molecule has 0 heterocycles. The van der Waals surface area contributed by atoms with E-state index >= 15 is 0 Å². The van der Waals surface area contributed by atoms with E-state index in [4.69, 9.17) is 21.1 Å². The van der Waals surface area contributed by atoms with Gasteiger partial charge in [0.05, 0.1) is 17.3 Å². The number of carbonyl (C=O) groups is 1. The van der Waals surface area contributed by atoms with E-state index in [0.29, 0.717) is 45.3 Å². The molecule has 1 N–H and O–H groups in total. The van der Waals surface area contributed by atoms with Gasteiger partial charge in [-0.3, -0.25) is 4.79 Å². The average molecular weight is 506 g/mol. The molecule has 0 fully saturated rings. The quantitative estimate of drug-likeness (QED) is 0.302. The maximum atomic E-state index is 13.0. The van der Waals surface area contributed by atoms with Crippen molar-refractivity contribution in [2.75, 3.05) is 6.61 Å². The van der Waals surface area contributed by atoms with Crippen molar-refractivity contribution in [3.8, 4) is 11.5 Å². The Bertz CT molecular complexity index is 1070. The molecule has 0 radical (unpaired) electrons. The molecule has 3 aromatic carbocycles. The zero-order chi connectivity index (χ0) is 22.2. The highest BCUT2D eigenvalue weighted by Crippen LogP contribution is 2.37. The second-order valence-electron chi connectivity index (χ2n) is 6.38. The molecule has 0 bridgehead atoms. The Morgan fingerprint density at radius 2 is 1.84 bits per heavy atom. The lowest BCUT2D eigenvalue weighted by molar-refractivity contribution is 0.0955. The van der Waals surface area contributed by atoms with Gasteiger partial charge in [0.1, 0.15) is 12.4 Å². The van der Waals surface area contributed by atoms with E-state index in [1.54, 1.807) is 24.3 Å². The molecule has 31 heavy (non-hydrogen) atoms. The lowest BCUT2D eigenvalue weighted by Crippen LogP contribution is -2.17. The van der Waals surface area contributed by atoms with Gasteiger partial charge in [0.15, 0.2) is 11.5 Å². The van der Waals surface area contributed by atoms with Crippen LogP contribution in [0.2, 0.25) is 5.02 Å². The molecule has 0 aliphatic carbocycles. The van der Waals surface area contributed by atoms with Gasteiger partial charge in [-0.1, -0.05) is 23.7 Å². The number of amides is 1. The zero-order valence-electron chi connectivity index (χ0n) is 16.6. The molecular formula is C23H19BrClFN2O3. The minimum atomic E-state index is -0.441. The second kappa shape index (κ2) is 10.9. The lowest BCUT2D eigenvalue weighted by atomic mass is 10.2. The Morgan fingerprint density at radius 1 is 1.13 bits per heavy atom. The molecule has 0 unspecified atom stereocenters. The summed E-state index contributed by atoms with van der Waals surface area (Å²) in [6.45, 7) is 2.67. The first kappa shape index (κ1) is 22.8. The predicted molar refractivity (Wildman–Crippen MR) is 123 cm³/mol. The number of rotatable bonds is 8. The predicted octanol–water partition coefficient (Wildman–Crippen LogP) is 5.98. The van der Waals surface area contributed by atoms with E-state index in [-0.39, 0.29) is 0 Å². The largest absolute Gasteiger partial charge is 0.490 e. The van der Waals surface area contributed by atoms with Crippen LogP contribution in [0.5, 0.6) is 11.5 Å². The van der Waals surface area contributed by atoms with Crippen LogP contribution in [0.25, 0.3) is 0 Å². The first-order chi connectivity index (χ1) is 15.0. The summed E-state index contributed by atoms with van der Waals surface area (Å²) in [7, 11) is 0. The van der Waals surface area contributed by atoms with Crippen molar-refractivity contribution >= 4 is 39.7 Å². The number of hydrazone groups is 1. The van der Waals surface area contributed by atoms with Crippen LogP contribution in [0.15, 0.2) is 70.2 Å². The van der Waals surface area contributed by atoms with Crippen molar-refractivity contribution in [3.05, 3.63) is 92.7 Å².